The van der Waals surface area contributed by atoms with Crippen LogP contribution in [-0.2, 0) is 6.67 Å². The van der Waals surface area contributed by atoms with Gasteiger partial charge in [0, 0.05) is 5.56 Å². The Balaban J connectivity index is 2.68. The summed E-state index contributed by atoms with van der Waals surface area (Å²) in [5.74, 6) is -0.371. The van der Waals surface area contributed by atoms with Crippen molar-refractivity contribution < 1.29 is 8.78 Å². The molecule has 2 aromatic rings. The molecule has 16 heavy (non-hydrogen) atoms. The van der Waals surface area contributed by atoms with Gasteiger partial charge in [0.1, 0.15) is 12.5 Å². The first-order valence-electron chi connectivity index (χ1n) is 5.13. The van der Waals surface area contributed by atoms with Crippen LogP contribution in [0.5, 0.6) is 0 Å². The highest BCUT2D eigenvalue weighted by Crippen LogP contribution is 2.29. The summed E-state index contributed by atoms with van der Waals surface area (Å²) >= 11 is 0. The van der Waals surface area contributed by atoms with E-state index in [1.54, 1.807) is 25.1 Å². The Hall–Kier alpha value is -1.70. The third-order valence-corrected chi connectivity index (χ3v) is 2.69. The SMILES string of the molecule is Cc1ccc(F)c(-c2ccccc2)c1CF. The minimum Gasteiger partial charge on any atom is -0.246 e. The molecule has 0 bridgehead atoms. The summed E-state index contributed by atoms with van der Waals surface area (Å²) in [5, 5.41) is 0. The third kappa shape index (κ3) is 1.83. The molecule has 0 saturated carbocycles. The average molecular weight is 218 g/mol. The predicted molar refractivity (Wildman–Crippen MR) is 61.4 cm³/mol. The van der Waals surface area contributed by atoms with Crippen molar-refractivity contribution in [3.63, 3.8) is 0 Å². The van der Waals surface area contributed by atoms with E-state index in [1.807, 2.05) is 18.2 Å². The summed E-state index contributed by atoms with van der Waals surface area (Å²) in [6.07, 6.45) is 0. The summed E-state index contributed by atoms with van der Waals surface area (Å²) in [5.41, 5.74) is 2.31. The number of rotatable bonds is 2. The molecule has 0 amide bonds. The first-order valence-corrected chi connectivity index (χ1v) is 5.13. The van der Waals surface area contributed by atoms with E-state index in [2.05, 4.69) is 0 Å². The van der Waals surface area contributed by atoms with E-state index in [0.29, 0.717) is 11.1 Å². The van der Waals surface area contributed by atoms with E-state index >= 15 is 0 Å². The highest BCUT2D eigenvalue weighted by Gasteiger charge is 2.12. The van der Waals surface area contributed by atoms with Gasteiger partial charge in [-0.15, -0.1) is 0 Å². The smallest absolute Gasteiger partial charge is 0.131 e. The Morgan fingerprint density at radius 3 is 2.31 bits per heavy atom. The molecule has 82 valence electrons. The number of halogens is 2. The lowest BCUT2D eigenvalue weighted by Crippen LogP contribution is -1.95. The van der Waals surface area contributed by atoms with Crippen molar-refractivity contribution in [2.45, 2.75) is 13.6 Å². The number of benzene rings is 2. The molecule has 0 fully saturated rings. The largest absolute Gasteiger partial charge is 0.246 e. The van der Waals surface area contributed by atoms with Gasteiger partial charge in [-0.05, 0) is 29.7 Å². The van der Waals surface area contributed by atoms with Crippen LogP contribution < -0.4 is 0 Å². The van der Waals surface area contributed by atoms with E-state index < -0.39 is 6.67 Å². The Morgan fingerprint density at radius 2 is 1.69 bits per heavy atom. The minimum absolute atomic E-state index is 0.371. The van der Waals surface area contributed by atoms with Gasteiger partial charge in [0.15, 0.2) is 0 Å². The maximum atomic E-state index is 13.7. The van der Waals surface area contributed by atoms with Crippen LogP contribution in [0, 0.1) is 12.7 Å². The van der Waals surface area contributed by atoms with E-state index in [1.165, 1.54) is 6.07 Å². The standard InChI is InChI=1S/C14H12F2/c1-10-7-8-13(16)14(12(10)9-15)11-5-3-2-4-6-11/h2-8H,9H2,1H3. The summed E-state index contributed by atoms with van der Waals surface area (Å²) in [7, 11) is 0. The van der Waals surface area contributed by atoms with Gasteiger partial charge in [-0.25, -0.2) is 8.78 Å². The van der Waals surface area contributed by atoms with Gasteiger partial charge < -0.3 is 0 Å². The van der Waals surface area contributed by atoms with Crippen molar-refractivity contribution in [2.75, 3.05) is 0 Å². The molecule has 0 spiro atoms. The van der Waals surface area contributed by atoms with Crippen LogP contribution in [0.25, 0.3) is 11.1 Å². The maximum Gasteiger partial charge on any atom is 0.131 e. The fraction of sp³-hybridized carbons (Fsp3) is 0.143. The molecule has 0 heterocycles. The summed E-state index contributed by atoms with van der Waals surface area (Å²) in [6, 6.07) is 12.1. The van der Waals surface area contributed by atoms with Crippen LogP contribution >= 0.6 is 0 Å². The van der Waals surface area contributed by atoms with Crippen molar-refractivity contribution in [1.29, 1.82) is 0 Å². The number of hydrogen-bond acceptors (Lipinski definition) is 0. The van der Waals surface area contributed by atoms with Gasteiger partial charge >= 0.3 is 0 Å². The van der Waals surface area contributed by atoms with Crippen molar-refractivity contribution in [2.24, 2.45) is 0 Å². The fourth-order valence-corrected chi connectivity index (χ4v) is 1.81. The quantitative estimate of drug-likeness (QED) is 0.706. The van der Waals surface area contributed by atoms with Crippen LogP contribution in [0.1, 0.15) is 11.1 Å². The molecule has 0 radical (unpaired) electrons. The predicted octanol–water partition coefficient (Wildman–Crippen LogP) is 4.27. The molecule has 2 rings (SSSR count). The van der Waals surface area contributed by atoms with E-state index in [4.69, 9.17) is 0 Å². The van der Waals surface area contributed by atoms with Crippen LogP contribution in [0.3, 0.4) is 0 Å². The molecule has 2 heteroatoms. The van der Waals surface area contributed by atoms with Gasteiger partial charge in [-0.1, -0.05) is 36.4 Å². The number of aryl methyl sites for hydroxylation is 1. The molecule has 0 nitrogen and oxygen atoms in total. The number of alkyl halides is 1. The molecular weight excluding hydrogens is 206 g/mol. The second-order valence-electron chi connectivity index (χ2n) is 3.72. The van der Waals surface area contributed by atoms with Gasteiger partial charge in [0.25, 0.3) is 0 Å². The highest BCUT2D eigenvalue weighted by molar-refractivity contribution is 5.69. The Morgan fingerprint density at radius 1 is 1.00 bits per heavy atom. The highest BCUT2D eigenvalue weighted by atomic mass is 19.1. The van der Waals surface area contributed by atoms with Crippen LogP contribution in [0.4, 0.5) is 8.78 Å². The second-order valence-corrected chi connectivity index (χ2v) is 3.72. The average Bonchev–Trinajstić information content (AvgIpc) is 2.33. The summed E-state index contributed by atoms with van der Waals surface area (Å²) in [6.45, 7) is 1.15. The fourth-order valence-electron chi connectivity index (χ4n) is 1.81. The monoisotopic (exact) mass is 218 g/mol. The molecule has 0 aliphatic rings. The third-order valence-electron chi connectivity index (χ3n) is 2.69. The first kappa shape index (κ1) is 10.8. The zero-order valence-electron chi connectivity index (χ0n) is 9.00. The van der Waals surface area contributed by atoms with E-state index in [9.17, 15) is 8.78 Å². The van der Waals surface area contributed by atoms with Crippen molar-refractivity contribution >= 4 is 0 Å². The molecular formula is C14H12F2. The van der Waals surface area contributed by atoms with Crippen molar-refractivity contribution in [3.05, 3.63) is 59.4 Å². The first-order chi connectivity index (χ1) is 7.74. The molecule has 0 aliphatic carbocycles. The molecule has 0 unspecified atom stereocenters. The summed E-state index contributed by atoms with van der Waals surface area (Å²) in [4.78, 5) is 0. The normalized spacial score (nSPS) is 10.4. The molecule has 0 atom stereocenters. The lowest BCUT2D eigenvalue weighted by Gasteiger charge is -2.11. The Bertz CT molecular complexity index is 490. The molecule has 0 aliphatic heterocycles. The summed E-state index contributed by atoms with van der Waals surface area (Å²) < 4.78 is 26.7. The molecule has 0 saturated heterocycles. The topological polar surface area (TPSA) is 0 Å². The molecule has 0 N–H and O–H groups in total. The molecule has 2 aromatic carbocycles. The van der Waals surface area contributed by atoms with Gasteiger partial charge in [0.05, 0.1) is 0 Å². The van der Waals surface area contributed by atoms with E-state index in [0.717, 1.165) is 11.1 Å². The minimum atomic E-state index is -0.645. The second kappa shape index (κ2) is 4.44. The van der Waals surface area contributed by atoms with Gasteiger partial charge in [0.2, 0.25) is 0 Å². The maximum absolute atomic E-state index is 13.7. The van der Waals surface area contributed by atoms with Crippen LogP contribution in [0.15, 0.2) is 42.5 Å². The van der Waals surface area contributed by atoms with Crippen molar-refractivity contribution in [1.82, 2.24) is 0 Å². The van der Waals surface area contributed by atoms with Crippen LogP contribution in [0.2, 0.25) is 0 Å². The van der Waals surface area contributed by atoms with Gasteiger partial charge in [-0.2, -0.15) is 0 Å². The zero-order chi connectivity index (χ0) is 11.5. The lowest BCUT2D eigenvalue weighted by atomic mass is 9.96. The lowest BCUT2D eigenvalue weighted by molar-refractivity contribution is 0.482. The Kier molecular flexibility index (Phi) is 3.00. The van der Waals surface area contributed by atoms with Crippen molar-refractivity contribution in [3.8, 4) is 11.1 Å². The van der Waals surface area contributed by atoms with E-state index in [-0.39, 0.29) is 5.82 Å². The molecule has 0 aromatic heterocycles. The van der Waals surface area contributed by atoms with Gasteiger partial charge in [-0.3, -0.25) is 0 Å². The van der Waals surface area contributed by atoms with Crippen LogP contribution in [-0.4, -0.2) is 0 Å². The number of hydrogen-bond donors (Lipinski definition) is 0. The zero-order valence-corrected chi connectivity index (χ0v) is 9.00. The Labute approximate surface area is 93.5 Å².